The van der Waals surface area contributed by atoms with Gasteiger partial charge in [-0.2, -0.15) is 0 Å². The van der Waals surface area contributed by atoms with Gasteiger partial charge in [-0.1, -0.05) is 17.7 Å². The number of nitrogens with zero attached hydrogens (tertiary/aromatic N) is 1. The van der Waals surface area contributed by atoms with E-state index in [4.69, 9.17) is 9.73 Å². The zero-order valence-electron chi connectivity index (χ0n) is 17.2. The van der Waals surface area contributed by atoms with Gasteiger partial charge in [0, 0.05) is 41.4 Å². The Morgan fingerprint density at radius 2 is 2.10 bits per heavy atom. The Balaban J connectivity index is 1.92. The number of hydrogen-bond acceptors (Lipinski definition) is 4. The number of methoxy groups -OCH3 is 1. The third-order valence-corrected chi connectivity index (χ3v) is 5.97. The highest BCUT2D eigenvalue weighted by Crippen LogP contribution is 2.52. The van der Waals surface area contributed by atoms with Gasteiger partial charge in [0.25, 0.3) is 0 Å². The molecular weight excluding hydrogens is 364 g/mol. The first-order valence-electron chi connectivity index (χ1n) is 9.87. The van der Waals surface area contributed by atoms with Crippen LogP contribution in [0.5, 0.6) is 11.5 Å². The Labute approximate surface area is 170 Å². The molecule has 2 unspecified atom stereocenters. The molecule has 0 radical (unpaired) electrons. The molecular formula is C24H26N2O3. The predicted octanol–water partition coefficient (Wildman–Crippen LogP) is 4.18. The highest BCUT2D eigenvalue weighted by molar-refractivity contribution is 5.86. The summed E-state index contributed by atoms with van der Waals surface area (Å²) in [4.78, 5) is 20.0. The fourth-order valence-corrected chi connectivity index (χ4v) is 4.86. The molecule has 5 heteroatoms. The fourth-order valence-electron chi connectivity index (χ4n) is 4.86. The summed E-state index contributed by atoms with van der Waals surface area (Å²) in [5, 5.41) is 10.6. The average Bonchev–Trinajstić information content (AvgIpc) is 2.67. The van der Waals surface area contributed by atoms with E-state index in [0.29, 0.717) is 11.3 Å². The highest BCUT2D eigenvalue weighted by Gasteiger charge is 2.46. The number of allylic oxidation sites excluding steroid dienone is 2. The number of benzene rings is 1. The van der Waals surface area contributed by atoms with Gasteiger partial charge in [0.1, 0.15) is 5.54 Å². The lowest BCUT2D eigenvalue weighted by Crippen LogP contribution is -2.40. The molecule has 1 heterocycles. The van der Waals surface area contributed by atoms with E-state index in [9.17, 15) is 9.90 Å². The number of fused-ring (bicyclic) bond motifs is 4. The molecule has 2 atom stereocenters. The Hall–Kier alpha value is -3.08. The van der Waals surface area contributed by atoms with Crippen LogP contribution < -0.4 is 10.3 Å². The first kappa shape index (κ1) is 19.2. The van der Waals surface area contributed by atoms with E-state index >= 15 is 0 Å². The maximum absolute atomic E-state index is 11.9. The minimum Gasteiger partial charge on any atom is -0.504 e. The second-order valence-corrected chi connectivity index (χ2v) is 7.98. The number of phenols is 1. The molecule has 0 amide bonds. The van der Waals surface area contributed by atoms with Crippen molar-refractivity contribution in [2.24, 2.45) is 10.9 Å². The molecule has 150 valence electrons. The zero-order valence-corrected chi connectivity index (χ0v) is 17.2. The van der Waals surface area contributed by atoms with Crippen LogP contribution in [-0.4, -0.2) is 23.4 Å². The van der Waals surface area contributed by atoms with E-state index in [1.165, 1.54) is 11.1 Å². The van der Waals surface area contributed by atoms with Crippen molar-refractivity contribution in [1.29, 1.82) is 0 Å². The summed E-state index contributed by atoms with van der Waals surface area (Å²) in [6.45, 7) is 6.14. The van der Waals surface area contributed by atoms with Gasteiger partial charge in [-0.15, -0.1) is 0 Å². The van der Waals surface area contributed by atoms with Crippen LogP contribution in [0.2, 0.25) is 0 Å². The molecule has 29 heavy (non-hydrogen) atoms. The molecule has 1 aromatic heterocycles. The second kappa shape index (κ2) is 7.07. The topological polar surface area (TPSA) is 74.7 Å². The van der Waals surface area contributed by atoms with Gasteiger partial charge in [-0.05, 0) is 56.5 Å². The van der Waals surface area contributed by atoms with Crippen molar-refractivity contribution in [3.05, 3.63) is 80.3 Å². The average molecular weight is 390 g/mol. The van der Waals surface area contributed by atoms with Gasteiger partial charge in [-0.25, -0.2) is 0 Å². The first-order valence-corrected chi connectivity index (χ1v) is 9.87. The molecule has 0 spiro atoms. The molecule has 0 fully saturated rings. The molecule has 2 bridgehead atoms. The Morgan fingerprint density at radius 1 is 1.31 bits per heavy atom. The number of phenolic OH excluding ortho intramolecular Hbond substituents is 1. The first-order chi connectivity index (χ1) is 13.9. The number of aromatic nitrogens is 1. The van der Waals surface area contributed by atoms with E-state index in [1.807, 2.05) is 26.0 Å². The normalized spacial score (nSPS) is 24.5. The molecule has 2 aliphatic rings. The van der Waals surface area contributed by atoms with Gasteiger partial charge < -0.3 is 14.8 Å². The molecule has 2 aliphatic carbocycles. The number of ether oxygens (including phenoxy) is 1. The monoisotopic (exact) mass is 390 g/mol. The summed E-state index contributed by atoms with van der Waals surface area (Å²) in [5.41, 5.74) is 5.41. The van der Waals surface area contributed by atoms with Gasteiger partial charge in [0.15, 0.2) is 11.5 Å². The van der Waals surface area contributed by atoms with Crippen molar-refractivity contribution in [1.82, 2.24) is 4.98 Å². The number of H-pyrrole nitrogens is 1. The largest absolute Gasteiger partial charge is 0.504 e. The molecule has 0 saturated carbocycles. The SMILES string of the molecule is C/C=C1\C2C=C(C)CC1(/N=C/c1cc(C)cc(OC)c1O)c1ccc(=O)[nH]c1C2. The van der Waals surface area contributed by atoms with Crippen LogP contribution in [-0.2, 0) is 12.0 Å². The van der Waals surface area contributed by atoms with Crippen LogP contribution in [0.15, 0.2) is 57.4 Å². The van der Waals surface area contributed by atoms with Crippen molar-refractivity contribution in [2.75, 3.05) is 7.11 Å². The van der Waals surface area contributed by atoms with Gasteiger partial charge in [-0.3, -0.25) is 9.79 Å². The zero-order chi connectivity index (χ0) is 20.8. The van der Waals surface area contributed by atoms with E-state index < -0.39 is 5.54 Å². The number of aromatic hydroxyl groups is 1. The lowest BCUT2D eigenvalue weighted by molar-refractivity contribution is 0.372. The van der Waals surface area contributed by atoms with Gasteiger partial charge in [0.2, 0.25) is 5.56 Å². The minimum absolute atomic E-state index is 0.0809. The van der Waals surface area contributed by atoms with Crippen molar-refractivity contribution in [3.63, 3.8) is 0 Å². The van der Waals surface area contributed by atoms with Crippen molar-refractivity contribution in [3.8, 4) is 11.5 Å². The third kappa shape index (κ3) is 3.11. The Bertz CT molecular complexity index is 1120. The smallest absolute Gasteiger partial charge is 0.248 e. The Morgan fingerprint density at radius 3 is 2.83 bits per heavy atom. The number of rotatable bonds is 3. The number of hydrogen-bond donors (Lipinski definition) is 2. The molecule has 2 aromatic rings. The summed E-state index contributed by atoms with van der Waals surface area (Å²) in [6, 6.07) is 7.17. The van der Waals surface area contributed by atoms with Crippen molar-refractivity contribution < 1.29 is 9.84 Å². The Kier molecular flexibility index (Phi) is 4.69. The van der Waals surface area contributed by atoms with E-state index in [-0.39, 0.29) is 17.2 Å². The molecule has 0 saturated heterocycles. The number of pyridine rings is 1. The quantitative estimate of drug-likeness (QED) is 0.610. The van der Waals surface area contributed by atoms with Gasteiger partial charge >= 0.3 is 0 Å². The standard InChI is InChI=1S/C24H26N2O3/c1-5-18-16-9-15(3)12-24(18,19-6-7-22(27)26-20(19)11-16)25-13-17-8-14(2)10-21(29-4)23(17)28/h5-10,13,16,28H,11-12H2,1-4H3,(H,26,27)/b18-5+,25-13+. The summed E-state index contributed by atoms with van der Waals surface area (Å²) >= 11 is 0. The predicted molar refractivity (Wildman–Crippen MR) is 115 cm³/mol. The van der Waals surface area contributed by atoms with Crippen LogP contribution >= 0.6 is 0 Å². The second-order valence-electron chi connectivity index (χ2n) is 7.98. The van der Waals surface area contributed by atoms with E-state index in [1.54, 1.807) is 25.5 Å². The summed E-state index contributed by atoms with van der Waals surface area (Å²) < 4.78 is 5.29. The van der Waals surface area contributed by atoms with Crippen molar-refractivity contribution >= 4 is 6.21 Å². The lowest BCUT2D eigenvalue weighted by Gasteiger charge is -2.45. The molecule has 1 aromatic carbocycles. The molecule has 0 aliphatic heterocycles. The number of nitrogens with one attached hydrogen (secondary N) is 1. The molecule has 5 nitrogen and oxygen atoms in total. The molecule has 2 N–H and O–H groups in total. The van der Waals surface area contributed by atoms with Crippen LogP contribution in [0.25, 0.3) is 0 Å². The van der Waals surface area contributed by atoms with Gasteiger partial charge in [0.05, 0.1) is 7.11 Å². The summed E-state index contributed by atoms with van der Waals surface area (Å²) in [6.07, 6.45) is 7.68. The maximum Gasteiger partial charge on any atom is 0.248 e. The van der Waals surface area contributed by atoms with Crippen LogP contribution in [0.4, 0.5) is 0 Å². The van der Waals surface area contributed by atoms with E-state index in [2.05, 4.69) is 24.1 Å². The van der Waals surface area contributed by atoms with E-state index in [0.717, 1.165) is 29.7 Å². The van der Waals surface area contributed by atoms with Crippen LogP contribution in [0, 0.1) is 12.8 Å². The molecule has 4 rings (SSSR count). The fraction of sp³-hybridized carbons (Fsp3) is 0.333. The minimum atomic E-state index is -0.584. The van der Waals surface area contributed by atoms with Crippen LogP contribution in [0.3, 0.4) is 0 Å². The number of aryl methyl sites for hydroxylation is 1. The summed E-state index contributed by atoms with van der Waals surface area (Å²) in [5.74, 6) is 0.718. The lowest BCUT2D eigenvalue weighted by atomic mass is 9.63. The maximum atomic E-state index is 11.9. The highest BCUT2D eigenvalue weighted by atomic mass is 16.5. The van der Waals surface area contributed by atoms with Crippen molar-refractivity contribution in [2.45, 2.75) is 39.2 Å². The summed E-state index contributed by atoms with van der Waals surface area (Å²) in [7, 11) is 1.54. The van der Waals surface area contributed by atoms with Crippen LogP contribution in [0.1, 0.15) is 42.7 Å². The third-order valence-electron chi connectivity index (χ3n) is 5.97. The number of aliphatic imine (C=N–C) groups is 1. The number of aromatic amines is 1.